The van der Waals surface area contributed by atoms with Crippen LogP contribution in [0.5, 0.6) is 0 Å². The van der Waals surface area contributed by atoms with E-state index in [1.165, 1.54) is 0 Å². The number of nitro groups is 1. The minimum Gasteiger partial charge on any atom is -0.398 e. The van der Waals surface area contributed by atoms with Gasteiger partial charge in [-0.05, 0) is 6.07 Å². The number of nitrogen functional groups attached to an aromatic ring is 1. The minimum absolute atomic E-state index is 0.244. The first-order valence-corrected chi connectivity index (χ1v) is 6.85. The van der Waals surface area contributed by atoms with Gasteiger partial charge in [-0.25, -0.2) is 0 Å². The second kappa shape index (κ2) is 4.16. The number of anilines is 1. The molecule has 0 radical (unpaired) electrons. The van der Waals surface area contributed by atoms with Gasteiger partial charge in [0.05, 0.1) is 10.6 Å². The van der Waals surface area contributed by atoms with Crippen LogP contribution in [0.1, 0.15) is 0 Å². The third-order valence-corrected chi connectivity index (χ3v) is 3.64. The second-order valence-corrected chi connectivity index (χ2v) is 5.84. The smallest absolute Gasteiger partial charge is 0.301 e. The molecule has 0 amide bonds. The van der Waals surface area contributed by atoms with Crippen LogP contribution in [0.2, 0.25) is 0 Å². The van der Waals surface area contributed by atoms with Crippen LogP contribution in [-0.2, 0) is 20.2 Å². The van der Waals surface area contributed by atoms with Crippen LogP contribution in [-0.4, -0.2) is 30.9 Å². The summed E-state index contributed by atoms with van der Waals surface area (Å²) in [6.07, 6.45) is 0. The summed E-state index contributed by atoms with van der Waals surface area (Å²) in [6.45, 7) is 0. The lowest BCUT2D eigenvalue weighted by molar-refractivity contribution is -0.388. The maximum atomic E-state index is 10.9. The molecule has 0 heterocycles. The van der Waals surface area contributed by atoms with Gasteiger partial charge < -0.3 is 5.73 Å². The Kier molecular flexibility index (Phi) is 3.31. The van der Waals surface area contributed by atoms with Crippen molar-refractivity contribution in [2.45, 2.75) is 9.79 Å². The molecule has 1 rings (SSSR count). The quantitative estimate of drug-likeness (QED) is 0.291. The van der Waals surface area contributed by atoms with Crippen LogP contribution < -0.4 is 5.73 Å². The lowest BCUT2D eigenvalue weighted by Gasteiger charge is -2.05. The maximum absolute atomic E-state index is 10.9. The molecule has 0 aromatic heterocycles. The van der Waals surface area contributed by atoms with E-state index in [1.807, 2.05) is 0 Å². The van der Waals surface area contributed by atoms with Gasteiger partial charge in [0.15, 0.2) is 4.90 Å². The van der Waals surface area contributed by atoms with Crippen molar-refractivity contribution in [1.82, 2.24) is 0 Å². The molecule has 12 heteroatoms. The van der Waals surface area contributed by atoms with Gasteiger partial charge in [-0.1, -0.05) is 0 Å². The Morgan fingerprint density at radius 1 is 1.06 bits per heavy atom. The van der Waals surface area contributed by atoms with E-state index >= 15 is 0 Å². The van der Waals surface area contributed by atoms with Crippen molar-refractivity contribution in [3.05, 3.63) is 22.2 Å². The van der Waals surface area contributed by atoms with Crippen molar-refractivity contribution in [2.24, 2.45) is 0 Å². The highest BCUT2D eigenvalue weighted by molar-refractivity contribution is 7.86. The molecule has 1 aromatic carbocycles. The SMILES string of the molecule is Nc1cc(S(=O)(=O)O)c([N+](=O)[O-])cc1S(=O)(=O)O. The minimum atomic E-state index is -4.96. The summed E-state index contributed by atoms with van der Waals surface area (Å²) < 4.78 is 60.8. The van der Waals surface area contributed by atoms with Gasteiger partial charge in [0.2, 0.25) is 0 Å². The summed E-state index contributed by atoms with van der Waals surface area (Å²) in [6, 6.07) is 0.615. The third-order valence-electron chi connectivity index (χ3n) is 1.84. The highest BCUT2D eigenvalue weighted by atomic mass is 32.2. The van der Waals surface area contributed by atoms with Crippen molar-refractivity contribution < 1.29 is 30.9 Å². The van der Waals surface area contributed by atoms with Gasteiger partial charge in [-0.2, -0.15) is 16.8 Å². The molecular weight excluding hydrogens is 292 g/mol. The average molecular weight is 298 g/mol. The molecular formula is C6H6N2O8S2. The van der Waals surface area contributed by atoms with Crippen molar-refractivity contribution in [1.29, 1.82) is 0 Å². The van der Waals surface area contributed by atoms with E-state index in [0.29, 0.717) is 6.07 Å². The molecule has 0 aliphatic rings. The molecule has 10 nitrogen and oxygen atoms in total. The van der Waals surface area contributed by atoms with Crippen LogP contribution in [0.4, 0.5) is 11.4 Å². The summed E-state index contributed by atoms with van der Waals surface area (Å²) in [5, 5.41) is 10.6. The largest absolute Gasteiger partial charge is 0.398 e. The first kappa shape index (κ1) is 14.3. The molecule has 0 atom stereocenters. The summed E-state index contributed by atoms with van der Waals surface area (Å²) in [7, 11) is -9.82. The zero-order chi connectivity index (χ0) is 14.3. The summed E-state index contributed by atoms with van der Waals surface area (Å²) in [4.78, 5) is 7.14. The standard InChI is InChI=1S/C6H6N2O8S2/c7-3-1-6(18(14,15)16)4(8(9)10)2-5(3)17(11,12)13/h1-2H,7H2,(H,11,12,13)(H,14,15,16). The van der Waals surface area contributed by atoms with Crippen molar-refractivity contribution in [3.63, 3.8) is 0 Å². The highest BCUT2D eigenvalue weighted by Gasteiger charge is 2.29. The van der Waals surface area contributed by atoms with Crippen LogP contribution in [0, 0.1) is 10.1 Å². The molecule has 100 valence electrons. The Bertz CT molecular complexity index is 720. The Hall–Kier alpha value is -1.76. The molecule has 0 spiro atoms. The van der Waals surface area contributed by atoms with E-state index in [0.717, 1.165) is 0 Å². The summed E-state index contributed by atoms with van der Waals surface area (Å²) >= 11 is 0. The zero-order valence-electron chi connectivity index (χ0n) is 8.34. The first-order valence-electron chi connectivity index (χ1n) is 3.97. The molecule has 0 saturated heterocycles. The monoisotopic (exact) mass is 298 g/mol. The van der Waals surface area contributed by atoms with E-state index in [1.54, 1.807) is 0 Å². The second-order valence-electron chi connectivity index (χ2n) is 3.07. The number of benzene rings is 1. The third kappa shape index (κ3) is 2.73. The highest BCUT2D eigenvalue weighted by Crippen LogP contribution is 2.31. The van der Waals surface area contributed by atoms with Crippen LogP contribution in [0.15, 0.2) is 21.9 Å². The lowest BCUT2D eigenvalue weighted by atomic mass is 10.3. The van der Waals surface area contributed by atoms with Crippen molar-refractivity contribution >= 4 is 31.6 Å². The maximum Gasteiger partial charge on any atom is 0.301 e. The van der Waals surface area contributed by atoms with Crippen LogP contribution in [0.3, 0.4) is 0 Å². The fourth-order valence-electron chi connectivity index (χ4n) is 1.14. The fraction of sp³-hybridized carbons (Fsp3) is 0. The topological polar surface area (TPSA) is 178 Å². The molecule has 0 bridgehead atoms. The zero-order valence-corrected chi connectivity index (χ0v) is 9.97. The van der Waals surface area contributed by atoms with Crippen molar-refractivity contribution in [2.75, 3.05) is 5.73 Å². The molecule has 1 aromatic rings. The van der Waals surface area contributed by atoms with Crippen LogP contribution >= 0.6 is 0 Å². The molecule has 0 aliphatic carbocycles. The van der Waals surface area contributed by atoms with E-state index in [9.17, 15) is 26.9 Å². The van der Waals surface area contributed by atoms with Gasteiger partial charge in [-0.3, -0.25) is 19.2 Å². The van der Waals surface area contributed by atoms with Gasteiger partial charge in [0.1, 0.15) is 4.90 Å². The molecule has 0 aliphatic heterocycles. The average Bonchev–Trinajstić information content (AvgIpc) is 2.13. The Labute approximate surface area is 101 Å². The number of hydrogen-bond donors (Lipinski definition) is 3. The number of hydrogen-bond acceptors (Lipinski definition) is 7. The predicted molar refractivity (Wildman–Crippen MR) is 57.1 cm³/mol. The Morgan fingerprint density at radius 3 is 1.83 bits per heavy atom. The number of rotatable bonds is 3. The van der Waals surface area contributed by atoms with Crippen LogP contribution in [0.25, 0.3) is 0 Å². The molecule has 4 N–H and O–H groups in total. The normalized spacial score (nSPS) is 12.3. The fourth-order valence-corrected chi connectivity index (χ4v) is 2.43. The number of nitrogens with zero attached hydrogens (tertiary/aromatic N) is 1. The Morgan fingerprint density at radius 2 is 1.50 bits per heavy atom. The number of nitrogens with two attached hydrogens (primary N) is 1. The summed E-state index contributed by atoms with van der Waals surface area (Å²) in [5.74, 6) is 0. The van der Waals surface area contributed by atoms with E-state index < -0.39 is 46.3 Å². The molecule has 0 saturated carbocycles. The molecule has 18 heavy (non-hydrogen) atoms. The van der Waals surface area contributed by atoms with Crippen molar-refractivity contribution in [3.8, 4) is 0 Å². The first-order chi connectivity index (χ1) is 7.94. The Balaban J connectivity index is 3.82. The van der Waals surface area contributed by atoms with Gasteiger partial charge in [0.25, 0.3) is 15.8 Å². The van der Waals surface area contributed by atoms with E-state index in [2.05, 4.69) is 0 Å². The summed E-state index contributed by atoms with van der Waals surface area (Å²) in [5.41, 5.74) is 3.16. The number of nitro benzene ring substituents is 1. The lowest BCUT2D eigenvalue weighted by Crippen LogP contribution is -2.09. The van der Waals surface area contributed by atoms with E-state index in [-0.39, 0.29) is 6.07 Å². The molecule has 0 fully saturated rings. The van der Waals surface area contributed by atoms with E-state index in [4.69, 9.17) is 14.8 Å². The predicted octanol–water partition coefficient (Wildman–Crippen LogP) is -0.330. The van der Waals surface area contributed by atoms with Gasteiger partial charge in [0, 0.05) is 6.07 Å². The van der Waals surface area contributed by atoms with Gasteiger partial charge >= 0.3 is 10.1 Å². The molecule has 0 unspecified atom stereocenters. The van der Waals surface area contributed by atoms with Gasteiger partial charge in [-0.15, -0.1) is 0 Å².